The molecule has 0 aliphatic carbocycles. The first kappa shape index (κ1) is 15.6. The number of aromatic nitrogens is 5. The van der Waals surface area contributed by atoms with Crippen LogP contribution in [0.1, 0.15) is 11.8 Å². The van der Waals surface area contributed by atoms with Crippen LogP contribution in [-0.4, -0.2) is 64.8 Å². The Morgan fingerprint density at radius 3 is 2.74 bits per heavy atom. The average Bonchev–Trinajstić information content (AvgIpc) is 3.12. The topological polar surface area (TPSA) is 162 Å². The molecule has 0 radical (unpaired) electrons. The number of nitrogen functional groups attached to an aromatic ring is 1. The van der Waals surface area contributed by atoms with Gasteiger partial charge in [-0.1, -0.05) is 5.21 Å². The molecule has 5 N–H and O–H groups in total. The summed E-state index contributed by atoms with van der Waals surface area (Å²) in [6.45, 7) is -0.272. The number of rotatable bonds is 4. The van der Waals surface area contributed by atoms with Crippen molar-refractivity contribution in [2.24, 2.45) is 0 Å². The Hall–Kier alpha value is -2.34. The fraction of sp³-hybridized carbons (Fsp3) is 0.500. The molecule has 0 spiro atoms. The second kappa shape index (κ2) is 6.04. The number of aliphatic hydroxyl groups excluding tert-OH is 3. The van der Waals surface area contributed by atoms with Gasteiger partial charge in [0.05, 0.1) is 19.3 Å². The van der Waals surface area contributed by atoms with Crippen molar-refractivity contribution in [1.29, 1.82) is 0 Å². The third-order valence-corrected chi connectivity index (χ3v) is 3.66. The monoisotopic (exact) mass is 324 g/mol. The van der Waals surface area contributed by atoms with Crippen molar-refractivity contribution in [1.82, 2.24) is 24.5 Å². The fourth-order valence-corrected chi connectivity index (χ4v) is 2.43. The molecule has 1 unspecified atom stereocenters. The van der Waals surface area contributed by atoms with Gasteiger partial charge in [-0.05, 0) is 0 Å². The van der Waals surface area contributed by atoms with Crippen molar-refractivity contribution in [3.8, 4) is 0 Å². The summed E-state index contributed by atoms with van der Waals surface area (Å²) in [5.41, 5.74) is 5.47. The number of nitrogens with zero attached hydrogens (tertiary/aromatic N) is 5. The highest BCUT2D eigenvalue weighted by atomic mass is 16.6. The van der Waals surface area contributed by atoms with Gasteiger partial charge < -0.3 is 25.8 Å². The number of anilines is 1. The summed E-state index contributed by atoms with van der Waals surface area (Å²) >= 11 is 0. The van der Waals surface area contributed by atoms with Gasteiger partial charge >= 0.3 is 5.69 Å². The molecule has 1 saturated heterocycles. The molecular weight excluding hydrogens is 308 g/mol. The molecule has 0 bridgehead atoms. The average molecular weight is 324 g/mol. The maximum absolute atomic E-state index is 12.0. The van der Waals surface area contributed by atoms with Gasteiger partial charge in [0.15, 0.2) is 6.23 Å². The van der Waals surface area contributed by atoms with Crippen LogP contribution < -0.4 is 11.4 Å². The second-order valence-corrected chi connectivity index (χ2v) is 5.17. The lowest BCUT2D eigenvalue weighted by Crippen LogP contribution is -2.36. The number of nitrogens with two attached hydrogens (primary N) is 1. The van der Waals surface area contributed by atoms with Gasteiger partial charge in [0.1, 0.15) is 24.1 Å². The highest BCUT2D eigenvalue weighted by molar-refractivity contribution is 5.36. The largest absolute Gasteiger partial charge is 0.394 e. The first-order chi connectivity index (χ1) is 11.0. The summed E-state index contributed by atoms with van der Waals surface area (Å²) in [6.07, 6.45) is -0.363. The fourth-order valence-electron chi connectivity index (χ4n) is 2.43. The predicted octanol–water partition coefficient (Wildman–Crippen LogP) is -2.92. The lowest BCUT2D eigenvalue weighted by atomic mass is 10.1. The maximum atomic E-state index is 12.0. The van der Waals surface area contributed by atoms with Crippen LogP contribution in [0.25, 0.3) is 0 Å². The molecule has 0 aromatic carbocycles. The summed E-state index contributed by atoms with van der Waals surface area (Å²) in [6, 6.07) is 0. The van der Waals surface area contributed by atoms with Crippen molar-refractivity contribution >= 4 is 5.82 Å². The van der Waals surface area contributed by atoms with E-state index in [0.29, 0.717) is 5.56 Å². The zero-order valence-corrected chi connectivity index (χ0v) is 11.9. The maximum Gasteiger partial charge on any atom is 0.351 e. The van der Waals surface area contributed by atoms with Crippen LogP contribution in [-0.2, 0) is 11.3 Å². The van der Waals surface area contributed by atoms with Gasteiger partial charge in [-0.2, -0.15) is 4.98 Å². The van der Waals surface area contributed by atoms with Gasteiger partial charge in [-0.15, -0.1) is 5.10 Å². The molecule has 11 heteroatoms. The Kier molecular flexibility index (Phi) is 4.09. The number of hydrogen-bond donors (Lipinski definition) is 4. The number of ether oxygens (including phenoxy) is 1. The zero-order chi connectivity index (χ0) is 16.6. The molecule has 2 aromatic heterocycles. The molecule has 1 fully saturated rings. The summed E-state index contributed by atoms with van der Waals surface area (Å²) < 4.78 is 7.85. The molecule has 1 aliphatic rings. The van der Waals surface area contributed by atoms with Gasteiger partial charge in [-0.3, -0.25) is 4.57 Å². The van der Waals surface area contributed by atoms with Crippen molar-refractivity contribution < 1.29 is 20.1 Å². The second-order valence-electron chi connectivity index (χ2n) is 5.17. The van der Waals surface area contributed by atoms with E-state index >= 15 is 0 Å². The Bertz CT molecular complexity index is 732. The third-order valence-electron chi connectivity index (χ3n) is 3.66. The van der Waals surface area contributed by atoms with Gasteiger partial charge in [0.2, 0.25) is 0 Å². The molecule has 0 saturated carbocycles. The molecule has 3 rings (SSSR count). The van der Waals surface area contributed by atoms with Crippen LogP contribution in [0, 0.1) is 0 Å². The van der Waals surface area contributed by atoms with E-state index in [1.54, 1.807) is 6.20 Å². The summed E-state index contributed by atoms with van der Waals surface area (Å²) in [7, 11) is 0. The normalized spacial score (nSPS) is 27.4. The standard InChI is InChI=1S/C12H16N6O5/c13-10-6(3-17-2-1-14-16-17)4-18(12(22)15-10)11-9(21)8(20)7(5-19)23-11/h1-2,4,7-9,11,19-21H,3,5H2,(H2,13,15,22)/t7-,8?,9+,11-/m1/s1. The molecule has 11 nitrogen and oxygen atoms in total. The molecule has 1 aliphatic heterocycles. The highest BCUT2D eigenvalue weighted by Gasteiger charge is 2.43. The van der Waals surface area contributed by atoms with E-state index in [1.807, 2.05) is 0 Å². The lowest BCUT2D eigenvalue weighted by Gasteiger charge is -2.18. The Morgan fingerprint density at radius 2 is 2.13 bits per heavy atom. The van der Waals surface area contributed by atoms with Crippen LogP contribution in [0.2, 0.25) is 0 Å². The summed E-state index contributed by atoms with van der Waals surface area (Å²) in [5, 5.41) is 36.4. The molecule has 0 amide bonds. The van der Waals surface area contributed by atoms with Gasteiger partial charge in [0.25, 0.3) is 0 Å². The Labute approximate surface area is 129 Å². The minimum absolute atomic E-state index is 0.0218. The predicted molar refractivity (Wildman–Crippen MR) is 75.0 cm³/mol. The van der Waals surface area contributed by atoms with Crippen LogP contribution in [0.5, 0.6) is 0 Å². The molecule has 3 heterocycles. The van der Waals surface area contributed by atoms with E-state index in [4.69, 9.17) is 15.6 Å². The van der Waals surface area contributed by atoms with E-state index in [-0.39, 0.29) is 12.4 Å². The highest BCUT2D eigenvalue weighted by Crippen LogP contribution is 2.28. The summed E-state index contributed by atoms with van der Waals surface area (Å²) in [4.78, 5) is 15.7. The quantitative estimate of drug-likeness (QED) is 0.461. The Morgan fingerprint density at radius 1 is 1.35 bits per heavy atom. The molecular formula is C12H16N6O5. The molecule has 2 aromatic rings. The first-order valence-electron chi connectivity index (χ1n) is 6.85. The number of hydrogen-bond acceptors (Lipinski definition) is 9. The van der Waals surface area contributed by atoms with Crippen molar-refractivity contribution in [2.75, 3.05) is 12.3 Å². The lowest BCUT2D eigenvalue weighted by molar-refractivity contribution is -0.0550. The van der Waals surface area contributed by atoms with Crippen molar-refractivity contribution in [3.63, 3.8) is 0 Å². The van der Waals surface area contributed by atoms with E-state index in [1.165, 1.54) is 17.1 Å². The van der Waals surface area contributed by atoms with Gasteiger partial charge in [0, 0.05) is 18.0 Å². The smallest absolute Gasteiger partial charge is 0.351 e. The molecule has 23 heavy (non-hydrogen) atoms. The molecule has 4 atom stereocenters. The zero-order valence-electron chi connectivity index (χ0n) is 11.9. The Balaban J connectivity index is 1.95. The van der Waals surface area contributed by atoms with Crippen LogP contribution in [0.4, 0.5) is 5.82 Å². The van der Waals surface area contributed by atoms with Crippen LogP contribution in [0.15, 0.2) is 23.4 Å². The first-order valence-corrected chi connectivity index (χ1v) is 6.85. The van der Waals surface area contributed by atoms with E-state index in [0.717, 1.165) is 4.57 Å². The van der Waals surface area contributed by atoms with Crippen molar-refractivity contribution in [3.05, 3.63) is 34.6 Å². The third kappa shape index (κ3) is 2.82. The SMILES string of the molecule is Nc1nc(=O)n([C@@H]2O[C@H](CO)C(O)[C@@H]2O)cc1Cn1ccnn1. The summed E-state index contributed by atoms with van der Waals surface area (Å²) in [5.74, 6) is 0.0218. The van der Waals surface area contributed by atoms with Crippen LogP contribution >= 0.6 is 0 Å². The minimum Gasteiger partial charge on any atom is -0.394 e. The van der Waals surface area contributed by atoms with E-state index in [9.17, 15) is 15.0 Å². The molecule has 124 valence electrons. The van der Waals surface area contributed by atoms with E-state index in [2.05, 4.69) is 15.3 Å². The number of aliphatic hydroxyl groups is 3. The van der Waals surface area contributed by atoms with Gasteiger partial charge in [-0.25, -0.2) is 9.48 Å². The minimum atomic E-state index is -1.38. The van der Waals surface area contributed by atoms with Crippen LogP contribution in [0.3, 0.4) is 0 Å². The van der Waals surface area contributed by atoms with E-state index < -0.39 is 36.8 Å². The van der Waals surface area contributed by atoms with Crippen molar-refractivity contribution in [2.45, 2.75) is 31.1 Å².